The van der Waals surface area contributed by atoms with Gasteiger partial charge in [-0.15, -0.1) is 0 Å². The molecule has 9 heteroatoms. The summed E-state index contributed by atoms with van der Waals surface area (Å²) in [5.74, 6) is 0.333. The van der Waals surface area contributed by atoms with Gasteiger partial charge in [0, 0.05) is 11.8 Å². The minimum absolute atomic E-state index is 0.0442. The molecule has 0 aliphatic heterocycles. The van der Waals surface area contributed by atoms with Gasteiger partial charge < -0.3 is 14.2 Å². The van der Waals surface area contributed by atoms with Gasteiger partial charge in [0.25, 0.3) is 0 Å². The topological polar surface area (TPSA) is 99.0 Å². The van der Waals surface area contributed by atoms with Crippen molar-refractivity contribution in [2.75, 3.05) is 18.5 Å². The lowest BCUT2D eigenvalue weighted by atomic mass is 10.1. The summed E-state index contributed by atoms with van der Waals surface area (Å²) in [6.07, 6.45) is 3.37. The second kappa shape index (κ2) is 10.4. The summed E-state index contributed by atoms with van der Waals surface area (Å²) in [5.41, 5.74) is 3.58. The minimum Gasteiger partial charge on any atom is -0.465 e. The molecule has 35 heavy (non-hydrogen) atoms. The number of nitrogens with one attached hydrogen (secondary N) is 1. The number of aryl methyl sites for hydroxylation is 1. The molecule has 4 rings (SSSR count). The quantitative estimate of drug-likeness (QED) is 0.268. The largest absolute Gasteiger partial charge is 0.465 e. The number of imidazole rings is 1. The van der Waals surface area contributed by atoms with Gasteiger partial charge in [0.15, 0.2) is 0 Å². The van der Waals surface area contributed by atoms with Crippen LogP contribution < -0.4 is 9.50 Å². The average molecular weight is 492 g/mol. The fraction of sp³-hybridized carbons (Fsp3) is 0.154. The van der Waals surface area contributed by atoms with Crippen molar-refractivity contribution in [2.45, 2.75) is 13.8 Å². The number of nitrogens with zero attached hydrogens (tertiary/aromatic N) is 2. The lowest BCUT2D eigenvalue weighted by molar-refractivity contribution is -0.140. The van der Waals surface area contributed by atoms with Crippen molar-refractivity contribution < 1.29 is 22.1 Å². The van der Waals surface area contributed by atoms with Crippen molar-refractivity contribution >= 4 is 33.6 Å². The van der Waals surface area contributed by atoms with Gasteiger partial charge in [-0.05, 0) is 49.2 Å². The summed E-state index contributed by atoms with van der Waals surface area (Å²) in [4.78, 5) is 16.6. The highest BCUT2D eigenvalue weighted by Crippen LogP contribution is 2.31. The Morgan fingerprint density at radius 3 is 2.66 bits per heavy atom. The molecular formula is C26H25N3O5S. The van der Waals surface area contributed by atoms with Crippen LogP contribution in [0.15, 0.2) is 78.3 Å². The number of esters is 1. The molecule has 2 heterocycles. The van der Waals surface area contributed by atoms with E-state index in [0.717, 1.165) is 16.5 Å². The maximum Gasteiger partial charge on any atom is 0.332 e. The van der Waals surface area contributed by atoms with Crippen LogP contribution >= 0.6 is 0 Å². The van der Waals surface area contributed by atoms with Crippen LogP contribution in [0.2, 0.25) is 0 Å². The van der Waals surface area contributed by atoms with Crippen molar-refractivity contribution in [3.05, 3.63) is 89.5 Å². The number of hydrogen-bond acceptors (Lipinski definition) is 7. The molecule has 1 N–H and O–H groups in total. The van der Waals surface area contributed by atoms with Crippen molar-refractivity contribution in [1.82, 2.24) is 9.38 Å². The third kappa shape index (κ3) is 6.07. The van der Waals surface area contributed by atoms with Crippen molar-refractivity contribution in [1.29, 1.82) is 0 Å². The summed E-state index contributed by atoms with van der Waals surface area (Å²) in [7, 11) is -3.98. The molecule has 0 amide bonds. The molecule has 0 fully saturated rings. The Labute approximate surface area is 204 Å². The van der Waals surface area contributed by atoms with E-state index in [-0.39, 0.29) is 18.9 Å². The summed E-state index contributed by atoms with van der Waals surface area (Å²) in [6.45, 7) is 3.94. The minimum atomic E-state index is -3.98. The highest BCUT2D eigenvalue weighted by atomic mass is 32.2. The lowest BCUT2D eigenvalue weighted by Gasteiger charge is -2.10. The summed E-state index contributed by atoms with van der Waals surface area (Å²) in [5, 5.41) is 4.13. The van der Waals surface area contributed by atoms with E-state index in [4.69, 9.17) is 13.9 Å². The molecule has 4 aromatic rings. The predicted octanol–water partition coefficient (Wildman–Crippen LogP) is 4.66. The molecule has 0 bridgehead atoms. The van der Waals surface area contributed by atoms with Crippen molar-refractivity contribution in [2.24, 2.45) is 0 Å². The fourth-order valence-electron chi connectivity index (χ4n) is 3.47. The maximum absolute atomic E-state index is 12.5. The van der Waals surface area contributed by atoms with E-state index in [1.165, 1.54) is 6.08 Å². The van der Waals surface area contributed by atoms with E-state index in [1.54, 1.807) is 43.3 Å². The molecule has 0 spiro atoms. The lowest BCUT2D eigenvalue weighted by Crippen LogP contribution is -2.18. The standard InChI is InChI=1S/C26H25N3O5S/c1-3-33-24(30)17-27-26-25(28-23-13-12-19(2)18-29(23)26)21-10-7-11-22(16-21)34-35(31,32)15-14-20-8-5-4-6-9-20/h4-16,18,27H,3,17H2,1-2H3/b15-14+. The summed E-state index contributed by atoms with van der Waals surface area (Å²) in [6, 6.07) is 19.5. The molecule has 0 aliphatic rings. The first kappa shape index (κ1) is 24.0. The summed E-state index contributed by atoms with van der Waals surface area (Å²) < 4.78 is 37.2. The first-order valence-corrected chi connectivity index (χ1v) is 12.5. The molecule has 0 aliphatic carbocycles. The van der Waals surface area contributed by atoms with E-state index in [9.17, 15) is 13.2 Å². The second-order valence-corrected chi connectivity index (χ2v) is 9.14. The van der Waals surface area contributed by atoms with Crippen LogP contribution in [-0.2, 0) is 19.6 Å². The fourth-order valence-corrected chi connectivity index (χ4v) is 4.22. The Morgan fingerprint density at radius 2 is 1.89 bits per heavy atom. The van der Waals surface area contributed by atoms with Gasteiger partial charge in [-0.3, -0.25) is 9.20 Å². The Kier molecular flexibility index (Phi) is 7.17. The van der Waals surface area contributed by atoms with E-state index < -0.39 is 16.1 Å². The van der Waals surface area contributed by atoms with Crippen LogP contribution in [0.3, 0.4) is 0 Å². The third-order valence-electron chi connectivity index (χ3n) is 5.02. The first-order valence-electron chi connectivity index (χ1n) is 11.0. The smallest absolute Gasteiger partial charge is 0.332 e. The monoisotopic (exact) mass is 491 g/mol. The Balaban J connectivity index is 1.64. The number of fused-ring (bicyclic) bond motifs is 1. The number of ether oxygens (including phenoxy) is 1. The van der Waals surface area contributed by atoms with Gasteiger partial charge in [-0.2, -0.15) is 8.42 Å². The van der Waals surface area contributed by atoms with Gasteiger partial charge in [0.2, 0.25) is 0 Å². The maximum atomic E-state index is 12.5. The predicted molar refractivity (Wildman–Crippen MR) is 136 cm³/mol. The molecule has 0 saturated heterocycles. The zero-order chi connectivity index (χ0) is 24.8. The Hall–Kier alpha value is -4.11. The van der Waals surface area contributed by atoms with Crippen LogP contribution in [0.4, 0.5) is 5.82 Å². The van der Waals surface area contributed by atoms with Crippen LogP contribution in [0, 0.1) is 6.92 Å². The average Bonchev–Trinajstić information content (AvgIpc) is 3.20. The van der Waals surface area contributed by atoms with Crippen LogP contribution in [0.5, 0.6) is 5.75 Å². The molecule has 0 saturated carbocycles. The molecule has 2 aromatic heterocycles. The molecular weight excluding hydrogens is 466 g/mol. The van der Waals surface area contributed by atoms with E-state index >= 15 is 0 Å². The molecule has 180 valence electrons. The van der Waals surface area contributed by atoms with Gasteiger partial charge >= 0.3 is 16.1 Å². The highest BCUT2D eigenvalue weighted by molar-refractivity contribution is 7.90. The summed E-state index contributed by atoms with van der Waals surface area (Å²) >= 11 is 0. The number of carbonyl (C=O) groups excluding carboxylic acids is 1. The van der Waals surface area contributed by atoms with Crippen molar-refractivity contribution in [3.8, 4) is 17.0 Å². The number of pyridine rings is 1. The second-order valence-electron chi connectivity index (χ2n) is 7.72. The van der Waals surface area contributed by atoms with E-state index in [2.05, 4.69) is 5.32 Å². The van der Waals surface area contributed by atoms with Gasteiger partial charge in [-0.1, -0.05) is 48.5 Å². The molecule has 0 atom stereocenters. The molecule has 8 nitrogen and oxygen atoms in total. The number of rotatable bonds is 9. The molecule has 2 aromatic carbocycles. The van der Waals surface area contributed by atoms with Gasteiger partial charge in [0.1, 0.15) is 29.5 Å². The van der Waals surface area contributed by atoms with Gasteiger partial charge in [0.05, 0.1) is 12.0 Å². The molecule has 0 unspecified atom stereocenters. The van der Waals surface area contributed by atoms with E-state index in [0.29, 0.717) is 22.7 Å². The number of carbonyl (C=O) groups is 1. The normalized spacial score (nSPS) is 11.6. The zero-order valence-electron chi connectivity index (χ0n) is 19.3. The Morgan fingerprint density at radius 1 is 1.09 bits per heavy atom. The van der Waals surface area contributed by atoms with Crippen LogP contribution in [0.1, 0.15) is 18.1 Å². The molecule has 0 radical (unpaired) electrons. The number of aromatic nitrogens is 2. The van der Waals surface area contributed by atoms with Crippen LogP contribution in [-0.4, -0.2) is 36.9 Å². The van der Waals surface area contributed by atoms with Gasteiger partial charge in [-0.25, -0.2) is 4.98 Å². The first-order chi connectivity index (χ1) is 16.8. The zero-order valence-corrected chi connectivity index (χ0v) is 20.2. The Bertz CT molecular complexity index is 1480. The number of benzene rings is 2. The third-order valence-corrected chi connectivity index (χ3v) is 5.91. The van der Waals surface area contributed by atoms with Crippen molar-refractivity contribution in [3.63, 3.8) is 0 Å². The van der Waals surface area contributed by atoms with E-state index in [1.807, 2.05) is 47.9 Å². The highest BCUT2D eigenvalue weighted by Gasteiger charge is 2.17. The number of anilines is 1. The van der Waals surface area contributed by atoms with Crippen LogP contribution in [0.25, 0.3) is 23.0 Å². The SMILES string of the molecule is CCOC(=O)CNc1c(-c2cccc(OS(=O)(=O)/C=C/c3ccccc3)c2)nc2ccc(C)cn12. The number of hydrogen-bond donors (Lipinski definition) is 1.